The number of benzene rings is 1. The summed E-state index contributed by atoms with van der Waals surface area (Å²) in [5, 5.41) is 7.12. The molecule has 17 heavy (non-hydrogen) atoms. The molecule has 0 saturated carbocycles. The van der Waals surface area contributed by atoms with Crippen LogP contribution in [-0.2, 0) is 0 Å². The smallest absolute Gasteiger partial charge is 0.0374 e. The zero-order chi connectivity index (χ0) is 12.3. The second-order valence-electron chi connectivity index (χ2n) is 5.34. The Morgan fingerprint density at radius 2 is 1.94 bits per heavy atom. The Morgan fingerprint density at radius 3 is 2.65 bits per heavy atom. The molecule has 0 aliphatic carbocycles. The van der Waals surface area contributed by atoms with Gasteiger partial charge in [0.25, 0.3) is 0 Å². The number of hydrogen-bond donors (Lipinski definition) is 2. The van der Waals surface area contributed by atoms with E-state index in [-0.39, 0.29) is 0 Å². The van der Waals surface area contributed by atoms with E-state index in [1.165, 1.54) is 42.7 Å². The molecule has 1 fully saturated rings. The number of hydrogen-bond acceptors (Lipinski definition) is 2. The van der Waals surface area contributed by atoms with Gasteiger partial charge in [0.2, 0.25) is 0 Å². The summed E-state index contributed by atoms with van der Waals surface area (Å²) in [6.07, 6.45) is 2.58. The molecule has 0 radical (unpaired) electrons. The van der Waals surface area contributed by atoms with Gasteiger partial charge in [0.15, 0.2) is 0 Å². The van der Waals surface area contributed by atoms with E-state index in [1.807, 2.05) is 0 Å². The van der Waals surface area contributed by atoms with Crippen molar-refractivity contribution in [2.24, 2.45) is 5.92 Å². The fourth-order valence-electron chi connectivity index (χ4n) is 2.60. The maximum Gasteiger partial charge on any atom is 0.0374 e. The van der Waals surface area contributed by atoms with Crippen molar-refractivity contribution in [3.63, 3.8) is 0 Å². The first-order valence-electron chi connectivity index (χ1n) is 6.71. The molecule has 2 heteroatoms. The predicted octanol–water partition coefficient (Wildman–Crippen LogP) is 3.10. The molecule has 0 amide bonds. The molecular weight excluding hydrogens is 208 g/mol. The van der Waals surface area contributed by atoms with Gasteiger partial charge in [-0.15, -0.1) is 0 Å². The highest BCUT2D eigenvalue weighted by Crippen LogP contribution is 2.23. The summed E-state index contributed by atoms with van der Waals surface area (Å²) >= 11 is 0. The Kier molecular flexibility index (Phi) is 4.06. The minimum absolute atomic E-state index is 0.567. The number of piperidine rings is 1. The lowest BCUT2D eigenvalue weighted by molar-refractivity contribution is 0.343. The molecule has 1 aliphatic rings. The lowest BCUT2D eigenvalue weighted by Gasteiger charge is -2.30. The van der Waals surface area contributed by atoms with E-state index in [2.05, 4.69) is 49.6 Å². The first kappa shape index (κ1) is 12.4. The Bertz CT molecular complexity index is 367. The van der Waals surface area contributed by atoms with Crippen LogP contribution < -0.4 is 10.6 Å². The second-order valence-corrected chi connectivity index (χ2v) is 5.34. The summed E-state index contributed by atoms with van der Waals surface area (Å²) in [5.74, 6) is 0.802. The summed E-state index contributed by atoms with van der Waals surface area (Å²) in [6, 6.07) is 7.20. The molecule has 1 aliphatic heterocycles. The number of aryl methyl sites for hydroxylation is 2. The van der Waals surface area contributed by atoms with E-state index >= 15 is 0 Å². The standard InChI is InChI=1S/C15H24N2/c1-11-4-5-12(2)15(10-11)17-13(3)14-6-8-16-9-7-14/h4-5,10,13-14,16-17H,6-9H2,1-3H3. The van der Waals surface area contributed by atoms with Gasteiger partial charge < -0.3 is 10.6 Å². The molecule has 94 valence electrons. The predicted molar refractivity (Wildman–Crippen MR) is 74.6 cm³/mol. The minimum atomic E-state index is 0.567. The molecule has 1 atom stereocenters. The minimum Gasteiger partial charge on any atom is -0.382 e. The van der Waals surface area contributed by atoms with Crippen LogP contribution in [0, 0.1) is 19.8 Å². The lowest BCUT2D eigenvalue weighted by Crippen LogP contribution is -2.36. The van der Waals surface area contributed by atoms with E-state index in [9.17, 15) is 0 Å². The normalized spacial score (nSPS) is 19.0. The molecule has 0 aromatic heterocycles. The average Bonchev–Trinajstić information content (AvgIpc) is 2.35. The van der Waals surface area contributed by atoms with Gasteiger partial charge in [0, 0.05) is 11.7 Å². The molecule has 1 aromatic carbocycles. The highest BCUT2D eigenvalue weighted by atomic mass is 14.9. The number of anilines is 1. The highest BCUT2D eigenvalue weighted by Gasteiger charge is 2.19. The van der Waals surface area contributed by atoms with Crippen molar-refractivity contribution in [1.82, 2.24) is 5.32 Å². The Balaban J connectivity index is 2.01. The van der Waals surface area contributed by atoms with Gasteiger partial charge >= 0.3 is 0 Å². The maximum absolute atomic E-state index is 3.69. The third-order valence-corrected chi connectivity index (χ3v) is 3.87. The van der Waals surface area contributed by atoms with Gasteiger partial charge in [-0.2, -0.15) is 0 Å². The van der Waals surface area contributed by atoms with Gasteiger partial charge in [-0.1, -0.05) is 12.1 Å². The Labute approximate surface area is 105 Å². The van der Waals surface area contributed by atoms with Crippen molar-refractivity contribution < 1.29 is 0 Å². The van der Waals surface area contributed by atoms with Gasteiger partial charge in [-0.3, -0.25) is 0 Å². The van der Waals surface area contributed by atoms with Crippen molar-refractivity contribution >= 4 is 5.69 Å². The van der Waals surface area contributed by atoms with Crippen molar-refractivity contribution in [1.29, 1.82) is 0 Å². The molecule has 1 aromatic rings. The zero-order valence-corrected chi connectivity index (χ0v) is 11.2. The largest absolute Gasteiger partial charge is 0.382 e. The lowest BCUT2D eigenvalue weighted by atomic mass is 9.91. The summed E-state index contributed by atoms with van der Waals surface area (Å²) < 4.78 is 0. The van der Waals surface area contributed by atoms with Crippen LogP contribution in [0.5, 0.6) is 0 Å². The fourth-order valence-corrected chi connectivity index (χ4v) is 2.60. The van der Waals surface area contributed by atoms with E-state index < -0.39 is 0 Å². The Morgan fingerprint density at radius 1 is 1.24 bits per heavy atom. The van der Waals surface area contributed by atoms with Crippen LogP contribution >= 0.6 is 0 Å². The van der Waals surface area contributed by atoms with Crippen molar-refractivity contribution in [3.05, 3.63) is 29.3 Å². The monoisotopic (exact) mass is 232 g/mol. The van der Waals surface area contributed by atoms with Crippen LogP contribution in [-0.4, -0.2) is 19.1 Å². The number of rotatable bonds is 3. The molecule has 0 spiro atoms. The molecule has 1 saturated heterocycles. The summed E-state index contributed by atoms with van der Waals surface area (Å²) in [7, 11) is 0. The topological polar surface area (TPSA) is 24.1 Å². The molecule has 0 bridgehead atoms. The van der Waals surface area contributed by atoms with Gasteiger partial charge in [-0.25, -0.2) is 0 Å². The molecule has 2 rings (SSSR count). The van der Waals surface area contributed by atoms with E-state index in [1.54, 1.807) is 0 Å². The Hall–Kier alpha value is -1.02. The van der Waals surface area contributed by atoms with Crippen molar-refractivity contribution in [2.45, 2.75) is 39.7 Å². The van der Waals surface area contributed by atoms with Crippen LogP contribution in [0.2, 0.25) is 0 Å². The van der Waals surface area contributed by atoms with Crippen LogP contribution in [0.4, 0.5) is 5.69 Å². The molecule has 1 heterocycles. The summed E-state index contributed by atoms with van der Waals surface area (Å²) in [4.78, 5) is 0. The highest BCUT2D eigenvalue weighted by molar-refractivity contribution is 5.53. The van der Waals surface area contributed by atoms with Crippen molar-refractivity contribution in [3.8, 4) is 0 Å². The van der Waals surface area contributed by atoms with Gasteiger partial charge in [-0.05, 0) is 69.8 Å². The molecular formula is C15H24N2. The molecule has 1 unspecified atom stereocenters. The average molecular weight is 232 g/mol. The van der Waals surface area contributed by atoms with Crippen LogP contribution in [0.25, 0.3) is 0 Å². The van der Waals surface area contributed by atoms with Crippen LogP contribution in [0.1, 0.15) is 30.9 Å². The first-order chi connectivity index (χ1) is 8.16. The SMILES string of the molecule is Cc1ccc(C)c(NC(C)C2CCNCC2)c1. The zero-order valence-electron chi connectivity index (χ0n) is 11.2. The van der Waals surface area contributed by atoms with Crippen LogP contribution in [0.3, 0.4) is 0 Å². The van der Waals surface area contributed by atoms with Gasteiger partial charge in [0.1, 0.15) is 0 Å². The van der Waals surface area contributed by atoms with Crippen molar-refractivity contribution in [2.75, 3.05) is 18.4 Å². The van der Waals surface area contributed by atoms with Crippen LogP contribution in [0.15, 0.2) is 18.2 Å². The third kappa shape index (κ3) is 3.22. The summed E-state index contributed by atoms with van der Waals surface area (Å²) in [5.41, 5.74) is 3.98. The summed E-state index contributed by atoms with van der Waals surface area (Å²) in [6.45, 7) is 8.99. The van der Waals surface area contributed by atoms with E-state index in [0.29, 0.717) is 6.04 Å². The maximum atomic E-state index is 3.69. The third-order valence-electron chi connectivity index (χ3n) is 3.87. The quantitative estimate of drug-likeness (QED) is 0.837. The fraction of sp³-hybridized carbons (Fsp3) is 0.600. The van der Waals surface area contributed by atoms with E-state index in [0.717, 1.165) is 5.92 Å². The van der Waals surface area contributed by atoms with E-state index in [4.69, 9.17) is 0 Å². The molecule has 2 nitrogen and oxygen atoms in total. The second kappa shape index (κ2) is 5.54. The first-order valence-corrected chi connectivity index (χ1v) is 6.71. The van der Waals surface area contributed by atoms with Gasteiger partial charge in [0.05, 0.1) is 0 Å². The molecule has 2 N–H and O–H groups in total. The number of nitrogens with one attached hydrogen (secondary N) is 2.